The van der Waals surface area contributed by atoms with E-state index in [1.54, 1.807) is 0 Å². The van der Waals surface area contributed by atoms with Crippen molar-refractivity contribution in [3.8, 4) is 0 Å². The molecule has 1 aliphatic rings. The third-order valence-corrected chi connectivity index (χ3v) is 4.92. The molecule has 0 saturated heterocycles. The zero-order valence-corrected chi connectivity index (χ0v) is 13.7. The maximum atomic E-state index is 6.13. The van der Waals surface area contributed by atoms with Crippen molar-refractivity contribution in [1.29, 1.82) is 0 Å². The van der Waals surface area contributed by atoms with Crippen molar-refractivity contribution >= 4 is 0 Å². The Bertz CT molecular complexity index is 628. The second-order valence-corrected chi connectivity index (χ2v) is 6.49. The molecule has 0 radical (unpaired) electrons. The summed E-state index contributed by atoms with van der Waals surface area (Å²) >= 11 is 0. The molecule has 2 nitrogen and oxygen atoms in total. The van der Waals surface area contributed by atoms with Gasteiger partial charge in [0.1, 0.15) is 0 Å². The average molecular weight is 294 g/mol. The quantitative estimate of drug-likeness (QED) is 0.936. The number of aryl methyl sites for hydroxylation is 2. The van der Waals surface area contributed by atoms with Crippen LogP contribution >= 0.6 is 0 Å². The number of nitrogens with two attached hydrogens (primary N) is 1. The molecule has 1 unspecified atom stereocenters. The minimum atomic E-state index is 0.423. The molecule has 0 bridgehead atoms. The summed E-state index contributed by atoms with van der Waals surface area (Å²) in [6.45, 7) is 8.36. The Balaban J connectivity index is 1.77. The van der Waals surface area contributed by atoms with Gasteiger partial charge in [-0.15, -0.1) is 0 Å². The van der Waals surface area contributed by atoms with E-state index in [1.165, 1.54) is 27.8 Å². The molecule has 2 aromatic carbocycles. The van der Waals surface area contributed by atoms with Gasteiger partial charge < -0.3 is 5.73 Å². The summed E-state index contributed by atoms with van der Waals surface area (Å²) < 4.78 is 0. The van der Waals surface area contributed by atoms with Gasteiger partial charge in [0.2, 0.25) is 0 Å². The van der Waals surface area contributed by atoms with Gasteiger partial charge in [0.05, 0.1) is 0 Å². The van der Waals surface area contributed by atoms with Crippen molar-refractivity contribution in [2.45, 2.75) is 32.7 Å². The Morgan fingerprint density at radius 3 is 2.36 bits per heavy atom. The standard InChI is InChI=1S/C20H26N2/c1-15-6-5-7-16(2)20(15)19(12-21)14-22-11-10-17-8-3-4-9-18(17)13-22/h3-9,19H,10-14,21H2,1-2H3. The van der Waals surface area contributed by atoms with Crippen molar-refractivity contribution in [1.82, 2.24) is 4.90 Å². The molecule has 3 rings (SSSR count). The van der Waals surface area contributed by atoms with Crippen LogP contribution in [-0.2, 0) is 13.0 Å². The minimum absolute atomic E-state index is 0.423. The number of hydrogen-bond acceptors (Lipinski definition) is 2. The zero-order valence-electron chi connectivity index (χ0n) is 13.7. The molecule has 1 heterocycles. The van der Waals surface area contributed by atoms with Gasteiger partial charge in [-0.3, -0.25) is 4.90 Å². The van der Waals surface area contributed by atoms with Crippen molar-refractivity contribution in [2.75, 3.05) is 19.6 Å². The Labute approximate surface area is 134 Å². The van der Waals surface area contributed by atoms with Crippen LogP contribution in [0.2, 0.25) is 0 Å². The number of hydrogen-bond donors (Lipinski definition) is 1. The van der Waals surface area contributed by atoms with Crippen LogP contribution in [0.3, 0.4) is 0 Å². The highest BCUT2D eigenvalue weighted by atomic mass is 15.1. The first-order chi connectivity index (χ1) is 10.7. The third-order valence-electron chi connectivity index (χ3n) is 4.92. The monoisotopic (exact) mass is 294 g/mol. The lowest BCUT2D eigenvalue weighted by Crippen LogP contribution is -2.36. The highest BCUT2D eigenvalue weighted by Gasteiger charge is 2.21. The molecule has 2 N–H and O–H groups in total. The Morgan fingerprint density at radius 2 is 1.68 bits per heavy atom. The Morgan fingerprint density at radius 1 is 1.00 bits per heavy atom. The molecule has 22 heavy (non-hydrogen) atoms. The molecule has 116 valence electrons. The average Bonchev–Trinajstić information content (AvgIpc) is 2.53. The van der Waals surface area contributed by atoms with E-state index in [0.29, 0.717) is 12.5 Å². The fourth-order valence-electron chi connectivity index (χ4n) is 3.78. The molecule has 0 aromatic heterocycles. The van der Waals surface area contributed by atoms with E-state index in [-0.39, 0.29) is 0 Å². The van der Waals surface area contributed by atoms with Crippen molar-refractivity contribution in [2.24, 2.45) is 5.73 Å². The van der Waals surface area contributed by atoms with E-state index in [1.807, 2.05) is 0 Å². The maximum absolute atomic E-state index is 6.13. The summed E-state index contributed by atoms with van der Waals surface area (Å²) in [4.78, 5) is 2.56. The summed E-state index contributed by atoms with van der Waals surface area (Å²) in [5.41, 5.74) is 13.3. The second-order valence-electron chi connectivity index (χ2n) is 6.49. The highest BCUT2D eigenvalue weighted by Crippen LogP contribution is 2.26. The van der Waals surface area contributed by atoms with Crippen LogP contribution in [0.1, 0.15) is 33.7 Å². The Kier molecular flexibility index (Phi) is 4.60. The van der Waals surface area contributed by atoms with Crippen LogP contribution in [0.15, 0.2) is 42.5 Å². The molecule has 2 heteroatoms. The number of benzene rings is 2. The van der Waals surface area contributed by atoms with Gasteiger partial charge in [-0.2, -0.15) is 0 Å². The van der Waals surface area contributed by atoms with Gasteiger partial charge in [-0.25, -0.2) is 0 Å². The fraction of sp³-hybridized carbons (Fsp3) is 0.400. The minimum Gasteiger partial charge on any atom is -0.330 e. The molecular formula is C20H26N2. The number of nitrogens with zero attached hydrogens (tertiary/aromatic N) is 1. The summed E-state index contributed by atoms with van der Waals surface area (Å²) in [6, 6.07) is 15.4. The topological polar surface area (TPSA) is 29.3 Å². The second kappa shape index (κ2) is 6.64. The smallest absolute Gasteiger partial charge is 0.0236 e. The van der Waals surface area contributed by atoms with Gasteiger partial charge >= 0.3 is 0 Å². The van der Waals surface area contributed by atoms with E-state index in [2.05, 4.69) is 61.2 Å². The van der Waals surface area contributed by atoms with Crippen LogP contribution in [0, 0.1) is 13.8 Å². The first-order valence-corrected chi connectivity index (χ1v) is 8.24. The van der Waals surface area contributed by atoms with E-state index in [0.717, 1.165) is 26.1 Å². The van der Waals surface area contributed by atoms with Gasteiger partial charge in [-0.1, -0.05) is 42.5 Å². The SMILES string of the molecule is Cc1cccc(C)c1C(CN)CN1CCc2ccccc2C1. The molecule has 2 aromatic rings. The molecule has 0 amide bonds. The summed E-state index contributed by atoms with van der Waals surface area (Å²) in [5.74, 6) is 0.423. The molecule has 0 spiro atoms. The predicted molar refractivity (Wildman–Crippen MR) is 93.1 cm³/mol. The first-order valence-electron chi connectivity index (χ1n) is 8.24. The fourth-order valence-corrected chi connectivity index (χ4v) is 3.78. The molecule has 1 atom stereocenters. The number of fused-ring (bicyclic) bond motifs is 1. The number of rotatable bonds is 4. The molecule has 1 aliphatic heterocycles. The maximum Gasteiger partial charge on any atom is 0.0236 e. The highest BCUT2D eigenvalue weighted by molar-refractivity contribution is 5.37. The van der Waals surface area contributed by atoms with Gasteiger partial charge in [0, 0.05) is 32.1 Å². The van der Waals surface area contributed by atoms with Crippen LogP contribution in [0.25, 0.3) is 0 Å². The van der Waals surface area contributed by atoms with Gasteiger partial charge in [0.15, 0.2) is 0 Å². The lowest BCUT2D eigenvalue weighted by molar-refractivity contribution is 0.238. The van der Waals surface area contributed by atoms with Crippen molar-refractivity contribution < 1.29 is 0 Å². The van der Waals surface area contributed by atoms with Crippen LogP contribution in [-0.4, -0.2) is 24.5 Å². The van der Waals surface area contributed by atoms with Crippen LogP contribution < -0.4 is 5.73 Å². The van der Waals surface area contributed by atoms with E-state index < -0.39 is 0 Å². The van der Waals surface area contributed by atoms with Crippen molar-refractivity contribution in [3.63, 3.8) is 0 Å². The van der Waals surface area contributed by atoms with Crippen LogP contribution in [0.4, 0.5) is 0 Å². The van der Waals surface area contributed by atoms with Crippen molar-refractivity contribution in [3.05, 3.63) is 70.3 Å². The normalized spacial score (nSPS) is 16.3. The van der Waals surface area contributed by atoms with E-state index in [9.17, 15) is 0 Å². The lowest BCUT2D eigenvalue weighted by atomic mass is 9.89. The molecule has 0 aliphatic carbocycles. The van der Waals surface area contributed by atoms with E-state index in [4.69, 9.17) is 5.73 Å². The first kappa shape index (κ1) is 15.3. The molecule has 0 fully saturated rings. The zero-order chi connectivity index (χ0) is 15.5. The lowest BCUT2D eigenvalue weighted by Gasteiger charge is -2.32. The summed E-state index contributed by atoms with van der Waals surface area (Å²) in [7, 11) is 0. The predicted octanol–water partition coefficient (Wildman–Crippen LogP) is 3.40. The summed E-state index contributed by atoms with van der Waals surface area (Å²) in [6.07, 6.45) is 1.15. The third kappa shape index (κ3) is 3.08. The summed E-state index contributed by atoms with van der Waals surface area (Å²) in [5, 5.41) is 0. The van der Waals surface area contributed by atoms with Gasteiger partial charge in [0.25, 0.3) is 0 Å². The largest absolute Gasteiger partial charge is 0.330 e. The molecule has 0 saturated carbocycles. The van der Waals surface area contributed by atoms with Gasteiger partial charge in [-0.05, 0) is 48.1 Å². The van der Waals surface area contributed by atoms with E-state index >= 15 is 0 Å². The van der Waals surface area contributed by atoms with Crippen LogP contribution in [0.5, 0.6) is 0 Å². The Hall–Kier alpha value is -1.64. The molecular weight excluding hydrogens is 268 g/mol.